The lowest BCUT2D eigenvalue weighted by Gasteiger charge is -2.05. The van der Waals surface area contributed by atoms with Crippen LogP contribution < -0.4 is 0 Å². The van der Waals surface area contributed by atoms with Gasteiger partial charge < -0.3 is 5.11 Å². The Hall–Kier alpha value is -1.52. The van der Waals surface area contributed by atoms with E-state index in [2.05, 4.69) is 0 Å². The highest BCUT2D eigenvalue weighted by atomic mass is 19.2. The lowest BCUT2D eigenvalue weighted by Crippen LogP contribution is -2.06. The van der Waals surface area contributed by atoms with Crippen LogP contribution in [0.2, 0.25) is 0 Å². The molecular weight excluding hydrogens is 197 g/mol. The van der Waals surface area contributed by atoms with Gasteiger partial charge in [-0.2, -0.15) is 0 Å². The number of aliphatic carboxylic acids is 1. The van der Waals surface area contributed by atoms with Gasteiger partial charge >= 0.3 is 5.97 Å². The molecule has 5 heteroatoms. The maximum Gasteiger partial charge on any atom is 0.307 e. The zero-order valence-electron chi connectivity index (χ0n) is 7.27. The van der Waals surface area contributed by atoms with E-state index >= 15 is 0 Å². The molecule has 0 unspecified atom stereocenters. The first-order valence-electron chi connectivity index (χ1n) is 3.78. The Morgan fingerprint density at radius 3 is 2.43 bits per heavy atom. The molecule has 0 aliphatic carbocycles. The van der Waals surface area contributed by atoms with Crippen LogP contribution in [0, 0.1) is 24.4 Å². The van der Waals surface area contributed by atoms with Crippen molar-refractivity contribution in [1.29, 1.82) is 0 Å². The van der Waals surface area contributed by atoms with Gasteiger partial charge in [-0.3, -0.25) is 4.79 Å². The smallest absolute Gasteiger partial charge is 0.307 e. The molecule has 14 heavy (non-hydrogen) atoms. The highest BCUT2D eigenvalue weighted by Crippen LogP contribution is 2.19. The molecule has 0 heterocycles. The van der Waals surface area contributed by atoms with E-state index < -0.39 is 29.8 Å². The van der Waals surface area contributed by atoms with Gasteiger partial charge in [0.05, 0.1) is 6.42 Å². The van der Waals surface area contributed by atoms with Crippen LogP contribution in [0.25, 0.3) is 0 Å². The third kappa shape index (κ3) is 1.86. The first kappa shape index (κ1) is 10.6. The first-order valence-corrected chi connectivity index (χ1v) is 3.78. The number of hydrogen-bond acceptors (Lipinski definition) is 1. The van der Waals surface area contributed by atoms with Crippen LogP contribution in [0.5, 0.6) is 0 Å². The summed E-state index contributed by atoms with van der Waals surface area (Å²) in [6.45, 7) is 1.20. The summed E-state index contributed by atoms with van der Waals surface area (Å²) in [7, 11) is 0. The van der Waals surface area contributed by atoms with Crippen molar-refractivity contribution in [3.63, 3.8) is 0 Å². The van der Waals surface area contributed by atoms with Crippen LogP contribution in [-0.2, 0) is 11.2 Å². The monoisotopic (exact) mass is 204 g/mol. The third-order valence-electron chi connectivity index (χ3n) is 1.86. The zero-order chi connectivity index (χ0) is 10.9. The van der Waals surface area contributed by atoms with Crippen molar-refractivity contribution in [2.75, 3.05) is 0 Å². The van der Waals surface area contributed by atoms with E-state index in [0.29, 0.717) is 6.07 Å². The number of carboxylic acid groups (broad SMARTS) is 1. The van der Waals surface area contributed by atoms with Gasteiger partial charge in [0.1, 0.15) is 0 Å². The Bertz CT molecular complexity index is 388. The SMILES string of the molecule is Cc1c(CC(=O)O)cc(F)c(F)c1F. The van der Waals surface area contributed by atoms with E-state index in [1.54, 1.807) is 0 Å². The fourth-order valence-electron chi connectivity index (χ4n) is 1.08. The van der Waals surface area contributed by atoms with Gasteiger partial charge in [0.2, 0.25) is 0 Å². The molecule has 0 fully saturated rings. The predicted octanol–water partition coefficient (Wildman–Crippen LogP) is 2.04. The van der Waals surface area contributed by atoms with Crippen LogP contribution in [0.4, 0.5) is 13.2 Å². The number of carbonyl (C=O) groups is 1. The van der Waals surface area contributed by atoms with Gasteiger partial charge in [-0.1, -0.05) is 0 Å². The summed E-state index contributed by atoms with van der Waals surface area (Å²) in [5, 5.41) is 8.40. The molecule has 0 atom stereocenters. The van der Waals surface area contributed by atoms with Crippen LogP contribution in [0.3, 0.4) is 0 Å². The van der Waals surface area contributed by atoms with Crippen molar-refractivity contribution in [2.24, 2.45) is 0 Å². The van der Waals surface area contributed by atoms with Crippen molar-refractivity contribution in [1.82, 2.24) is 0 Å². The normalized spacial score (nSPS) is 10.3. The lowest BCUT2D eigenvalue weighted by atomic mass is 10.0. The summed E-state index contributed by atoms with van der Waals surface area (Å²) >= 11 is 0. The summed E-state index contributed by atoms with van der Waals surface area (Å²) in [4.78, 5) is 10.3. The summed E-state index contributed by atoms with van der Waals surface area (Å²) in [5.74, 6) is -5.50. The van der Waals surface area contributed by atoms with Gasteiger partial charge in [0.25, 0.3) is 0 Å². The maximum absolute atomic E-state index is 12.9. The minimum Gasteiger partial charge on any atom is -0.481 e. The molecule has 0 aliphatic rings. The molecular formula is C9H7F3O2. The number of benzene rings is 1. The maximum atomic E-state index is 12.9. The van der Waals surface area contributed by atoms with E-state index in [9.17, 15) is 18.0 Å². The van der Waals surface area contributed by atoms with E-state index in [-0.39, 0.29) is 11.1 Å². The van der Waals surface area contributed by atoms with Crippen molar-refractivity contribution >= 4 is 5.97 Å². The molecule has 0 aromatic heterocycles. The number of hydrogen-bond donors (Lipinski definition) is 1. The topological polar surface area (TPSA) is 37.3 Å². The van der Waals surface area contributed by atoms with Crippen molar-refractivity contribution in [3.8, 4) is 0 Å². The number of rotatable bonds is 2. The van der Waals surface area contributed by atoms with Crippen LogP contribution in [0.1, 0.15) is 11.1 Å². The van der Waals surface area contributed by atoms with Crippen molar-refractivity contribution < 1.29 is 23.1 Å². The van der Waals surface area contributed by atoms with Crippen molar-refractivity contribution in [2.45, 2.75) is 13.3 Å². The average Bonchev–Trinajstić information content (AvgIpc) is 2.10. The molecule has 76 valence electrons. The Labute approximate surface area is 78.0 Å². The lowest BCUT2D eigenvalue weighted by molar-refractivity contribution is -0.136. The summed E-state index contributed by atoms with van der Waals surface area (Å²) in [5.41, 5.74) is -0.236. The zero-order valence-corrected chi connectivity index (χ0v) is 7.27. The molecule has 1 aromatic rings. The Morgan fingerprint density at radius 1 is 1.36 bits per heavy atom. The highest BCUT2D eigenvalue weighted by molar-refractivity contribution is 5.70. The molecule has 0 aliphatic heterocycles. The van der Waals surface area contributed by atoms with E-state index in [0.717, 1.165) is 0 Å². The molecule has 1 aromatic carbocycles. The van der Waals surface area contributed by atoms with Gasteiger partial charge in [-0.15, -0.1) is 0 Å². The fourth-order valence-corrected chi connectivity index (χ4v) is 1.08. The molecule has 1 N–H and O–H groups in total. The quantitative estimate of drug-likeness (QED) is 0.748. The minimum absolute atomic E-state index is 0.0612. The summed E-state index contributed by atoms with van der Waals surface area (Å²) in [6.07, 6.45) is -0.528. The van der Waals surface area contributed by atoms with Crippen LogP contribution in [0.15, 0.2) is 6.07 Å². The second-order valence-corrected chi connectivity index (χ2v) is 2.84. The van der Waals surface area contributed by atoms with E-state index in [4.69, 9.17) is 5.11 Å². The van der Waals surface area contributed by atoms with Gasteiger partial charge in [-0.05, 0) is 24.1 Å². The molecule has 0 bridgehead atoms. The molecule has 0 saturated heterocycles. The molecule has 0 amide bonds. The standard InChI is InChI=1S/C9H7F3O2/c1-4-5(3-7(13)14)2-6(10)9(12)8(4)11/h2H,3H2,1H3,(H,13,14). The fraction of sp³-hybridized carbons (Fsp3) is 0.222. The molecule has 0 spiro atoms. The number of carboxylic acids is 1. The van der Waals surface area contributed by atoms with Gasteiger partial charge in [0, 0.05) is 0 Å². The number of halogens is 3. The summed E-state index contributed by atoms with van der Waals surface area (Å²) in [6, 6.07) is 0.696. The average molecular weight is 204 g/mol. The van der Waals surface area contributed by atoms with Crippen molar-refractivity contribution in [3.05, 3.63) is 34.6 Å². The second-order valence-electron chi connectivity index (χ2n) is 2.84. The molecule has 0 radical (unpaired) electrons. The minimum atomic E-state index is -1.57. The van der Waals surface area contributed by atoms with Crippen LogP contribution in [-0.4, -0.2) is 11.1 Å². The predicted molar refractivity (Wildman–Crippen MR) is 42.4 cm³/mol. The largest absolute Gasteiger partial charge is 0.481 e. The molecule has 2 nitrogen and oxygen atoms in total. The third-order valence-corrected chi connectivity index (χ3v) is 1.86. The van der Waals surface area contributed by atoms with Gasteiger partial charge in [0.15, 0.2) is 17.5 Å². The first-order chi connectivity index (χ1) is 6.43. The summed E-state index contributed by atoms with van der Waals surface area (Å²) < 4.78 is 38.2. The Balaban J connectivity index is 3.25. The van der Waals surface area contributed by atoms with Gasteiger partial charge in [-0.25, -0.2) is 13.2 Å². The van der Waals surface area contributed by atoms with E-state index in [1.165, 1.54) is 6.92 Å². The molecule has 0 saturated carbocycles. The Morgan fingerprint density at radius 2 is 1.93 bits per heavy atom. The van der Waals surface area contributed by atoms with Crippen LogP contribution >= 0.6 is 0 Å². The second kappa shape index (κ2) is 3.69. The van der Waals surface area contributed by atoms with E-state index in [1.807, 2.05) is 0 Å². The Kier molecular flexibility index (Phi) is 2.78. The molecule has 1 rings (SSSR count). The highest BCUT2D eigenvalue weighted by Gasteiger charge is 2.16.